The summed E-state index contributed by atoms with van der Waals surface area (Å²) in [7, 11) is 0. The van der Waals surface area contributed by atoms with Crippen LogP contribution in [0.5, 0.6) is 0 Å². The highest BCUT2D eigenvalue weighted by Crippen LogP contribution is 2.17. The van der Waals surface area contributed by atoms with Crippen LogP contribution in [0.4, 0.5) is 0 Å². The van der Waals surface area contributed by atoms with E-state index in [9.17, 15) is 0 Å². The van der Waals surface area contributed by atoms with Crippen LogP contribution in [-0.4, -0.2) is 6.26 Å². The van der Waals surface area contributed by atoms with Gasteiger partial charge in [-0.25, -0.2) is 0 Å². The Bertz CT molecular complexity index is 628. The summed E-state index contributed by atoms with van der Waals surface area (Å²) in [6.07, 6.45) is 9.45. The molecule has 0 N–H and O–H groups in total. The summed E-state index contributed by atoms with van der Waals surface area (Å²) in [5, 5.41) is 2.27. The van der Waals surface area contributed by atoms with Gasteiger partial charge in [0, 0.05) is 11.3 Å². The van der Waals surface area contributed by atoms with E-state index in [2.05, 4.69) is 60.7 Å². The molecule has 0 aliphatic rings. The minimum atomic E-state index is 0.831. The molecule has 1 heterocycles. The Kier molecular flexibility index (Phi) is 7.63. The quantitative estimate of drug-likeness (QED) is 0.332. The van der Waals surface area contributed by atoms with Crippen molar-refractivity contribution >= 4 is 23.1 Å². The van der Waals surface area contributed by atoms with Crippen LogP contribution in [0.15, 0.2) is 40.6 Å². The van der Waals surface area contributed by atoms with Gasteiger partial charge in [0.2, 0.25) is 0 Å². The average molecular weight is 329 g/mol. The van der Waals surface area contributed by atoms with Gasteiger partial charge in [-0.1, -0.05) is 50.2 Å². The third-order valence-corrected chi connectivity index (χ3v) is 5.23. The highest BCUT2D eigenvalue weighted by Gasteiger charge is 1.98. The molecule has 0 saturated heterocycles. The predicted molar refractivity (Wildman–Crippen MR) is 101 cm³/mol. The smallest absolute Gasteiger partial charge is 0.0771 e. The summed E-state index contributed by atoms with van der Waals surface area (Å²) < 4.78 is 0. The van der Waals surface area contributed by atoms with Gasteiger partial charge in [-0.2, -0.15) is 0 Å². The molecule has 0 saturated carbocycles. The zero-order chi connectivity index (χ0) is 15.6. The molecule has 0 aliphatic heterocycles. The Morgan fingerprint density at radius 2 is 2.00 bits per heavy atom. The fourth-order valence-corrected chi connectivity index (χ4v) is 3.64. The maximum absolute atomic E-state index is 3.31. The number of unbranched alkanes of at least 4 members (excludes halogenated alkanes) is 3. The lowest BCUT2D eigenvalue weighted by Gasteiger charge is -1.98. The molecule has 0 radical (unpaired) electrons. The Morgan fingerprint density at radius 3 is 2.82 bits per heavy atom. The van der Waals surface area contributed by atoms with E-state index in [-0.39, 0.29) is 0 Å². The second-order valence-electron chi connectivity index (χ2n) is 5.46. The highest BCUT2D eigenvalue weighted by molar-refractivity contribution is 7.98. The van der Waals surface area contributed by atoms with E-state index >= 15 is 0 Å². The van der Waals surface area contributed by atoms with Crippen molar-refractivity contribution in [1.82, 2.24) is 0 Å². The van der Waals surface area contributed by atoms with E-state index in [1.165, 1.54) is 53.0 Å². The van der Waals surface area contributed by atoms with Crippen molar-refractivity contribution < 1.29 is 0 Å². The van der Waals surface area contributed by atoms with Crippen molar-refractivity contribution in [1.29, 1.82) is 0 Å². The van der Waals surface area contributed by atoms with Gasteiger partial charge in [-0.3, -0.25) is 0 Å². The van der Waals surface area contributed by atoms with Crippen molar-refractivity contribution in [2.45, 2.75) is 50.3 Å². The molecule has 0 aliphatic carbocycles. The second kappa shape index (κ2) is 9.77. The van der Waals surface area contributed by atoms with Crippen molar-refractivity contribution in [3.8, 4) is 11.8 Å². The standard InChI is InChI=1S/C20H24S2/c1-3-4-5-6-9-18-15-20(22-16-18)13-8-11-17-10-7-12-19(14-17)21-2/h7,10,12,14-16H,3-6,9,11H2,1-2H3. The Balaban J connectivity index is 1.85. The van der Waals surface area contributed by atoms with Gasteiger partial charge in [-0.15, -0.1) is 23.1 Å². The zero-order valence-electron chi connectivity index (χ0n) is 13.5. The fourth-order valence-electron chi connectivity index (χ4n) is 2.34. The number of thiophene rings is 1. The van der Waals surface area contributed by atoms with E-state index in [0.29, 0.717) is 0 Å². The number of thioether (sulfide) groups is 1. The van der Waals surface area contributed by atoms with Gasteiger partial charge in [0.15, 0.2) is 0 Å². The summed E-state index contributed by atoms with van der Waals surface area (Å²) in [5.74, 6) is 6.62. The van der Waals surface area contributed by atoms with Gasteiger partial charge in [0.05, 0.1) is 4.88 Å². The van der Waals surface area contributed by atoms with Gasteiger partial charge in [-0.05, 0) is 53.8 Å². The first-order chi connectivity index (χ1) is 10.8. The lowest BCUT2D eigenvalue weighted by atomic mass is 10.1. The van der Waals surface area contributed by atoms with Gasteiger partial charge < -0.3 is 0 Å². The van der Waals surface area contributed by atoms with Crippen LogP contribution in [0.3, 0.4) is 0 Å². The number of benzene rings is 1. The molecule has 1 aromatic carbocycles. The molecular weight excluding hydrogens is 304 g/mol. The number of aryl methyl sites for hydroxylation is 1. The maximum atomic E-state index is 3.31. The van der Waals surface area contributed by atoms with Gasteiger partial charge in [0.1, 0.15) is 0 Å². The second-order valence-corrected chi connectivity index (χ2v) is 7.25. The SMILES string of the molecule is CCCCCCc1csc(C#CCc2cccc(SC)c2)c1. The fraction of sp³-hybridized carbons (Fsp3) is 0.400. The van der Waals surface area contributed by atoms with Crippen molar-refractivity contribution in [2.24, 2.45) is 0 Å². The molecule has 2 heteroatoms. The van der Waals surface area contributed by atoms with Crippen molar-refractivity contribution in [3.05, 3.63) is 51.7 Å². The first-order valence-electron chi connectivity index (χ1n) is 8.01. The first-order valence-corrected chi connectivity index (χ1v) is 10.1. The third-order valence-electron chi connectivity index (χ3n) is 3.61. The summed E-state index contributed by atoms with van der Waals surface area (Å²) in [4.78, 5) is 2.51. The highest BCUT2D eigenvalue weighted by atomic mass is 32.2. The molecule has 0 fully saturated rings. The van der Waals surface area contributed by atoms with Crippen LogP contribution in [0.25, 0.3) is 0 Å². The molecular formula is C20H24S2. The summed E-state index contributed by atoms with van der Waals surface area (Å²) in [6, 6.07) is 10.9. The van der Waals surface area contributed by atoms with E-state index in [1.54, 1.807) is 23.1 Å². The molecule has 2 rings (SSSR count). The van der Waals surface area contributed by atoms with E-state index in [0.717, 1.165) is 6.42 Å². The summed E-state index contributed by atoms with van der Waals surface area (Å²) in [6.45, 7) is 2.26. The lowest BCUT2D eigenvalue weighted by Crippen LogP contribution is -1.82. The van der Waals surface area contributed by atoms with Crippen LogP contribution in [0.1, 0.15) is 48.6 Å². The number of hydrogen-bond acceptors (Lipinski definition) is 2. The van der Waals surface area contributed by atoms with Crippen LogP contribution in [0, 0.1) is 11.8 Å². The van der Waals surface area contributed by atoms with E-state index in [4.69, 9.17) is 0 Å². The maximum Gasteiger partial charge on any atom is 0.0771 e. The summed E-state index contributed by atoms with van der Waals surface area (Å²) >= 11 is 3.56. The van der Waals surface area contributed by atoms with Gasteiger partial charge in [0.25, 0.3) is 0 Å². The molecule has 116 valence electrons. The van der Waals surface area contributed by atoms with Crippen LogP contribution >= 0.6 is 23.1 Å². The largest absolute Gasteiger partial charge is 0.135 e. The molecule has 0 bridgehead atoms. The molecule has 1 aromatic heterocycles. The Morgan fingerprint density at radius 1 is 1.09 bits per heavy atom. The third kappa shape index (κ3) is 5.91. The summed E-state index contributed by atoms with van der Waals surface area (Å²) in [5.41, 5.74) is 2.76. The first kappa shape index (κ1) is 17.2. The van der Waals surface area contributed by atoms with Crippen molar-refractivity contribution in [2.75, 3.05) is 6.26 Å². The van der Waals surface area contributed by atoms with Gasteiger partial charge >= 0.3 is 0 Å². The normalized spacial score (nSPS) is 10.3. The van der Waals surface area contributed by atoms with E-state index in [1.807, 2.05) is 0 Å². The van der Waals surface area contributed by atoms with E-state index < -0.39 is 0 Å². The number of rotatable bonds is 7. The minimum absolute atomic E-state index is 0.831. The molecule has 0 atom stereocenters. The molecule has 0 amide bonds. The monoisotopic (exact) mass is 328 g/mol. The molecule has 2 aromatic rings. The van der Waals surface area contributed by atoms with Crippen LogP contribution in [-0.2, 0) is 12.8 Å². The zero-order valence-corrected chi connectivity index (χ0v) is 15.2. The molecule has 0 nitrogen and oxygen atoms in total. The number of hydrogen-bond donors (Lipinski definition) is 0. The van der Waals surface area contributed by atoms with Crippen molar-refractivity contribution in [3.63, 3.8) is 0 Å². The Hall–Kier alpha value is -1.17. The van der Waals surface area contributed by atoms with Crippen LogP contribution < -0.4 is 0 Å². The Labute approximate surface area is 143 Å². The molecule has 22 heavy (non-hydrogen) atoms. The molecule has 0 unspecified atom stereocenters. The lowest BCUT2D eigenvalue weighted by molar-refractivity contribution is 0.667. The topological polar surface area (TPSA) is 0 Å². The minimum Gasteiger partial charge on any atom is -0.135 e. The molecule has 0 spiro atoms. The predicted octanol–water partition coefficient (Wildman–Crippen LogP) is 6.19. The average Bonchev–Trinajstić information content (AvgIpc) is 3.00. The van der Waals surface area contributed by atoms with Crippen LogP contribution in [0.2, 0.25) is 0 Å².